The summed E-state index contributed by atoms with van der Waals surface area (Å²) in [5, 5.41) is 3.44. The molecule has 17 heavy (non-hydrogen) atoms. The van der Waals surface area contributed by atoms with Gasteiger partial charge in [-0.15, -0.1) is 0 Å². The van der Waals surface area contributed by atoms with Crippen molar-refractivity contribution in [2.75, 3.05) is 12.4 Å². The summed E-state index contributed by atoms with van der Waals surface area (Å²) >= 11 is 0. The highest BCUT2D eigenvalue weighted by Gasteiger charge is 2.21. The molecule has 0 radical (unpaired) electrons. The van der Waals surface area contributed by atoms with E-state index in [9.17, 15) is 4.79 Å². The Labute approximate surface area is 101 Å². The van der Waals surface area contributed by atoms with E-state index in [0.717, 1.165) is 11.6 Å². The van der Waals surface area contributed by atoms with Crippen molar-refractivity contribution in [3.8, 4) is 0 Å². The molecule has 4 nitrogen and oxygen atoms in total. The van der Waals surface area contributed by atoms with Crippen molar-refractivity contribution in [2.24, 2.45) is 5.92 Å². The Kier molecular flexibility index (Phi) is 3.61. The van der Waals surface area contributed by atoms with E-state index in [1.165, 1.54) is 26.4 Å². The van der Waals surface area contributed by atoms with Gasteiger partial charge in [-0.2, -0.15) is 0 Å². The summed E-state index contributed by atoms with van der Waals surface area (Å²) in [5.41, 5.74) is 1.29. The topological polar surface area (TPSA) is 51.2 Å². The maximum Gasteiger partial charge on any atom is 0.356 e. The number of hydrogen-bond acceptors (Lipinski definition) is 4. The van der Waals surface area contributed by atoms with E-state index >= 15 is 0 Å². The molecule has 1 aliphatic carbocycles. The number of ether oxygens (including phenoxy) is 1. The fraction of sp³-hybridized carbons (Fsp3) is 0.538. The molecule has 0 aromatic carbocycles. The molecule has 2 rings (SSSR count). The van der Waals surface area contributed by atoms with Crippen LogP contribution in [0.5, 0.6) is 0 Å². The van der Waals surface area contributed by atoms with E-state index in [2.05, 4.69) is 22.0 Å². The fourth-order valence-electron chi connectivity index (χ4n) is 2.31. The third-order valence-electron chi connectivity index (χ3n) is 3.22. The number of carbonyl (C=O) groups is 1. The van der Waals surface area contributed by atoms with Crippen LogP contribution in [0.25, 0.3) is 0 Å². The monoisotopic (exact) mass is 234 g/mol. The lowest BCUT2D eigenvalue weighted by atomic mass is 10.1. The molecule has 1 fully saturated rings. The Morgan fingerprint density at radius 3 is 3.00 bits per heavy atom. The zero-order chi connectivity index (χ0) is 12.3. The second kappa shape index (κ2) is 5.17. The molecule has 0 bridgehead atoms. The molecular formula is C13H18N2O2. The number of esters is 1. The fourth-order valence-corrected chi connectivity index (χ4v) is 2.31. The Hall–Kier alpha value is -1.58. The molecular weight excluding hydrogens is 216 g/mol. The van der Waals surface area contributed by atoms with Gasteiger partial charge in [0.05, 0.1) is 7.11 Å². The van der Waals surface area contributed by atoms with Crippen molar-refractivity contribution in [2.45, 2.75) is 32.2 Å². The van der Waals surface area contributed by atoms with Gasteiger partial charge in [0.25, 0.3) is 0 Å². The molecule has 2 unspecified atom stereocenters. The van der Waals surface area contributed by atoms with Crippen molar-refractivity contribution in [3.63, 3.8) is 0 Å². The summed E-state index contributed by atoms with van der Waals surface area (Å²) < 4.78 is 4.65. The van der Waals surface area contributed by atoms with Gasteiger partial charge in [-0.3, -0.25) is 0 Å². The van der Waals surface area contributed by atoms with Crippen molar-refractivity contribution >= 4 is 11.7 Å². The van der Waals surface area contributed by atoms with Crippen LogP contribution in [0.15, 0.2) is 18.3 Å². The Morgan fingerprint density at radius 1 is 1.53 bits per heavy atom. The summed E-state index contributed by atoms with van der Waals surface area (Å²) in [6, 6.07) is 4.14. The molecule has 1 heterocycles. The van der Waals surface area contributed by atoms with E-state index in [0.29, 0.717) is 11.7 Å². The quantitative estimate of drug-likeness (QED) is 0.816. The average Bonchev–Trinajstić information content (AvgIpc) is 2.74. The molecule has 92 valence electrons. The van der Waals surface area contributed by atoms with Crippen LogP contribution in [0.1, 0.15) is 36.7 Å². The third kappa shape index (κ3) is 2.96. The highest BCUT2D eigenvalue weighted by Crippen LogP contribution is 2.27. The molecule has 1 aromatic rings. The predicted octanol–water partition coefficient (Wildman–Crippen LogP) is 2.47. The van der Waals surface area contributed by atoms with Gasteiger partial charge in [0.2, 0.25) is 0 Å². The number of carbonyl (C=O) groups excluding carboxylic acids is 1. The molecule has 1 saturated carbocycles. The lowest BCUT2D eigenvalue weighted by Gasteiger charge is -2.14. The van der Waals surface area contributed by atoms with E-state index < -0.39 is 5.97 Å². The maximum absolute atomic E-state index is 11.3. The van der Waals surface area contributed by atoms with Gasteiger partial charge >= 0.3 is 5.97 Å². The molecule has 4 heteroatoms. The average molecular weight is 234 g/mol. The largest absolute Gasteiger partial charge is 0.464 e. The minimum absolute atomic E-state index is 0.351. The lowest BCUT2D eigenvalue weighted by molar-refractivity contribution is 0.0594. The highest BCUT2D eigenvalue weighted by atomic mass is 16.5. The summed E-state index contributed by atoms with van der Waals surface area (Å²) in [5.74, 6) is 0.392. The molecule has 0 amide bonds. The normalized spacial score (nSPS) is 23.4. The zero-order valence-corrected chi connectivity index (χ0v) is 10.3. The van der Waals surface area contributed by atoms with Gasteiger partial charge in [-0.05, 0) is 37.3 Å². The first-order valence-electron chi connectivity index (χ1n) is 6.00. The van der Waals surface area contributed by atoms with Crippen LogP contribution in [0.2, 0.25) is 0 Å². The third-order valence-corrected chi connectivity index (χ3v) is 3.22. The van der Waals surface area contributed by atoms with Gasteiger partial charge in [0, 0.05) is 17.9 Å². The van der Waals surface area contributed by atoms with Crippen molar-refractivity contribution < 1.29 is 9.53 Å². The van der Waals surface area contributed by atoms with Crippen molar-refractivity contribution in [1.29, 1.82) is 0 Å². The molecule has 0 spiro atoms. The first-order valence-corrected chi connectivity index (χ1v) is 6.00. The molecule has 2 atom stereocenters. The first kappa shape index (κ1) is 11.9. The first-order chi connectivity index (χ1) is 8.19. The number of pyridine rings is 1. The van der Waals surface area contributed by atoms with Gasteiger partial charge in [-0.25, -0.2) is 9.78 Å². The van der Waals surface area contributed by atoms with E-state index in [1.807, 2.05) is 6.07 Å². The summed E-state index contributed by atoms with van der Waals surface area (Å²) in [7, 11) is 1.36. The SMILES string of the molecule is COC(=O)c1cc(NC2CCC(C)C2)ccn1. The Morgan fingerprint density at radius 2 is 2.35 bits per heavy atom. The van der Waals surface area contributed by atoms with E-state index in [-0.39, 0.29) is 0 Å². The molecule has 1 aromatic heterocycles. The van der Waals surface area contributed by atoms with Crippen LogP contribution in [0.4, 0.5) is 5.69 Å². The maximum atomic E-state index is 11.3. The molecule has 0 saturated heterocycles. The summed E-state index contributed by atoms with van der Waals surface area (Å²) in [6.07, 6.45) is 5.28. The summed E-state index contributed by atoms with van der Waals surface area (Å²) in [4.78, 5) is 15.3. The number of aromatic nitrogens is 1. The summed E-state index contributed by atoms with van der Waals surface area (Å²) in [6.45, 7) is 2.27. The van der Waals surface area contributed by atoms with Crippen LogP contribution < -0.4 is 5.32 Å². The zero-order valence-electron chi connectivity index (χ0n) is 10.3. The predicted molar refractivity (Wildman–Crippen MR) is 66.0 cm³/mol. The van der Waals surface area contributed by atoms with Crippen LogP contribution in [-0.4, -0.2) is 24.1 Å². The standard InChI is InChI=1S/C13H18N2O2/c1-9-3-4-10(7-9)15-11-5-6-14-12(8-11)13(16)17-2/h5-6,8-10H,3-4,7H2,1-2H3,(H,14,15). The van der Waals surface area contributed by atoms with Crippen LogP contribution in [-0.2, 0) is 4.74 Å². The molecule has 0 aliphatic heterocycles. The van der Waals surface area contributed by atoms with Gasteiger partial charge in [0.15, 0.2) is 0 Å². The van der Waals surface area contributed by atoms with Crippen molar-refractivity contribution in [3.05, 3.63) is 24.0 Å². The smallest absolute Gasteiger partial charge is 0.356 e. The molecule has 1 aliphatic rings. The van der Waals surface area contributed by atoms with Crippen LogP contribution >= 0.6 is 0 Å². The van der Waals surface area contributed by atoms with E-state index in [4.69, 9.17) is 0 Å². The molecule has 1 N–H and O–H groups in total. The second-order valence-electron chi connectivity index (χ2n) is 4.68. The number of rotatable bonds is 3. The number of nitrogens with zero attached hydrogens (tertiary/aromatic N) is 1. The Balaban J connectivity index is 2.03. The second-order valence-corrected chi connectivity index (χ2v) is 4.68. The number of nitrogens with one attached hydrogen (secondary N) is 1. The number of anilines is 1. The minimum atomic E-state index is -0.395. The Bertz CT molecular complexity index is 406. The van der Waals surface area contributed by atoms with Gasteiger partial charge in [0.1, 0.15) is 5.69 Å². The van der Waals surface area contributed by atoms with Gasteiger partial charge in [-0.1, -0.05) is 6.92 Å². The van der Waals surface area contributed by atoms with E-state index in [1.54, 1.807) is 12.3 Å². The van der Waals surface area contributed by atoms with Crippen LogP contribution in [0.3, 0.4) is 0 Å². The highest BCUT2D eigenvalue weighted by molar-refractivity contribution is 5.88. The van der Waals surface area contributed by atoms with Crippen molar-refractivity contribution in [1.82, 2.24) is 4.98 Å². The number of hydrogen-bond donors (Lipinski definition) is 1. The van der Waals surface area contributed by atoms with Crippen LogP contribution in [0, 0.1) is 5.92 Å². The minimum Gasteiger partial charge on any atom is -0.464 e. The van der Waals surface area contributed by atoms with Gasteiger partial charge < -0.3 is 10.1 Å². The lowest BCUT2D eigenvalue weighted by Crippen LogP contribution is -2.16. The number of methoxy groups -OCH3 is 1.